The number of nitrogens with zero attached hydrogens (tertiary/aromatic N) is 4. The molecule has 23 heavy (non-hydrogen) atoms. The van der Waals surface area contributed by atoms with Gasteiger partial charge in [-0.15, -0.1) is 0 Å². The molecule has 2 rings (SSSR count). The molecule has 1 aromatic heterocycles. The topological polar surface area (TPSA) is 58.6 Å². The maximum absolute atomic E-state index is 12.3. The number of aromatic nitrogens is 2. The van der Waals surface area contributed by atoms with Crippen LogP contribution in [0.4, 0.5) is 10.6 Å². The standard InChI is InChI=1S/C15H23ClN4O2S/c1-10-9-19(12-8-11(16)17-13(18-12)23-5)6-7-20(10)14(21)22-15(2,3)4/h8,10H,6-7,9H2,1-5H3/t10-/m1/s1. The predicted octanol–water partition coefficient (Wildman–Crippen LogP) is 3.30. The molecule has 6 nitrogen and oxygen atoms in total. The zero-order valence-corrected chi connectivity index (χ0v) is 15.7. The number of rotatable bonds is 2. The highest BCUT2D eigenvalue weighted by Gasteiger charge is 2.31. The first kappa shape index (κ1) is 18.1. The number of thioether (sulfide) groups is 1. The van der Waals surface area contributed by atoms with Crippen LogP contribution in [0.3, 0.4) is 0 Å². The monoisotopic (exact) mass is 358 g/mol. The number of anilines is 1. The van der Waals surface area contributed by atoms with Gasteiger partial charge < -0.3 is 14.5 Å². The number of hydrogen-bond donors (Lipinski definition) is 0. The van der Waals surface area contributed by atoms with E-state index in [4.69, 9.17) is 16.3 Å². The first-order valence-electron chi connectivity index (χ1n) is 7.53. The van der Waals surface area contributed by atoms with Crippen molar-refractivity contribution >= 4 is 35.3 Å². The van der Waals surface area contributed by atoms with E-state index < -0.39 is 5.60 Å². The van der Waals surface area contributed by atoms with Gasteiger partial charge in [-0.05, 0) is 34.0 Å². The molecule has 0 bridgehead atoms. The molecule has 1 aliphatic heterocycles. The van der Waals surface area contributed by atoms with Gasteiger partial charge in [-0.1, -0.05) is 23.4 Å². The second-order valence-electron chi connectivity index (χ2n) is 6.50. The van der Waals surface area contributed by atoms with Crippen LogP contribution in [-0.4, -0.2) is 58.5 Å². The highest BCUT2D eigenvalue weighted by molar-refractivity contribution is 7.98. The van der Waals surface area contributed by atoms with E-state index in [0.29, 0.717) is 29.9 Å². The van der Waals surface area contributed by atoms with Crippen molar-refractivity contribution < 1.29 is 9.53 Å². The number of piperazine rings is 1. The molecule has 0 N–H and O–H groups in total. The quantitative estimate of drug-likeness (QED) is 0.459. The largest absolute Gasteiger partial charge is 0.444 e. The Balaban J connectivity index is 2.06. The molecule has 1 aromatic rings. The van der Waals surface area contributed by atoms with Gasteiger partial charge in [0.05, 0.1) is 0 Å². The summed E-state index contributed by atoms with van der Waals surface area (Å²) < 4.78 is 5.46. The van der Waals surface area contributed by atoms with Gasteiger partial charge >= 0.3 is 6.09 Å². The van der Waals surface area contributed by atoms with E-state index in [9.17, 15) is 4.79 Å². The third kappa shape index (κ3) is 4.88. The number of halogens is 1. The lowest BCUT2D eigenvalue weighted by Crippen LogP contribution is -2.55. The van der Waals surface area contributed by atoms with Crippen LogP contribution in [0.2, 0.25) is 5.15 Å². The molecule has 128 valence electrons. The molecular weight excluding hydrogens is 336 g/mol. The van der Waals surface area contributed by atoms with Crippen molar-refractivity contribution in [2.24, 2.45) is 0 Å². The average Bonchev–Trinajstić information content (AvgIpc) is 2.44. The Bertz CT molecular complexity index is 579. The molecule has 0 spiro atoms. The van der Waals surface area contributed by atoms with E-state index >= 15 is 0 Å². The summed E-state index contributed by atoms with van der Waals surface area (Å²) in [6, 6.07) is 1.79. The third-order valence-electron chi connectivity index (χ3n) is 3.42. The molecule has 0 unspecified atom stereocenters. The first-order chi connectivity index (χ1) is 10.7. The van der Waals surface area contributed by atoms with E-state index in [2.05, 4.69) is 14.9 Å². The van der Waals surface area contributed by atoms with Gasteiger partial charge in [0.15, 0.2) is 5.16 Å². The fraction of sp³-hybridized carbons (Fsp3) is 0.667. The molecule has 2 heterocycles. The molecule has 0 radical (unpaired) electrons. The number of carbonyl (C=O) groups is 1. The maximum atomic E-state index is 12.3. The first-order valence-corrected chi connectivity index (χ1v) is 9.13. The minimum absolute atomic E-state index is 0.0325. The highest BCUT2D eigenvalue weighted by atomic mass is 35.5. The zero-order chi connectivity index (χ0) is 17.2. The van der Waals surface area contributed by atoms with Crippen LogP contribution in [0.5, 0.6) is 0 Å². The normalized spacial score (nSPS) is 19.0. The van der Waals surface area contributed by atoms with E-state index in [-0.39, 0.29) is 12.1 Å². The van der Waals surface area contributed by atoms with Gasteiger partial charge in [0, 0.05) is 31.7 Å². The summed E-state index contributed by atoms with van der Waals surface area (Å²) >= 11 is 7.52. The lowest BCUT2D eigenvalue weighted by Gasteiger charge is -2.40. The summed E-state index contributed by atoms with van der Waals surface area (Å²) in [6.07, 6.45) is 1.65. The molecule has 0 aromatic carbocycles. The molecule has 1 aliphatic rings. The van der Waals surface area contributed by atoms with Crippen molar-refractivity contribution in [1.82, 2.24) is 14.9 Å². The Morgan fingerprint density at radius 3 is 2.65 bits per heavy atom. The van der Waals surface area contributed by atoms with Gasteiger partial charge in [0.1, 0.15) is 16.6 Å². The van der Waals surface area contributed by atoms with Gasteiger partial charge in [-0.2, -0.15) is 0 Å². The zero-order valence-electron chi connectivity index (χ0n) is 14.2. The highest BCUT2D eigenvalue weighted by Crippen LogP contribution is 2.23. The van der Waals surface area contributed by atoms with Gasteiger partial charge in [-0.25, -0.2) is 14.8 Å². The fourth-order valence-corrected chi connectivity index (χ4v) is 3.00. The molecule has 1 atom stereocenters. The second kappa shape index (κ2) is 7.13. The van der Waals surface area contributed by atoms with E-state index in [1.54, 1.807) is 11.0 Å². The Hall–Kier alpha value is -1.21. The van der Waals surface area contributed by atoms with Crippen LogP contribution < -0.4 is 4.90 Å². The lowest BCUT2D eigenvalue weighted by atomic mass is 10.2. The number of hydrogen-bond acceptors (Lipinski definition) is 6. The van der Waals surface area contributed by atoms with Crippen LogP contribution in [0.15, 0.2) is 11.2 Å². The number of carbonyl (C=O) groups excluding carboxylic acids is 1. The third-order valence-corrected chi connectivity index (χ3v) is 4.16. The van der Waals surface area contributed by atoms with Crippen molar-refractivity contribution in [3.63, 3.8) is 0 Å². The maximum Gasteiger partial charge on any atom is 0.410 e. The summed E-state index contributed by atoms with van der Waals surface area (Å²) in [7, 11) is 0. The lowest BCUT2D eigenvalue weighted by molar-refractivity contribution is 0.0158. The van der Waals surface area contributed by atoms with Crippen LogP contribution in [-0.2, 0) is 4.74 Å². The molecule has 1 amide bonds. The second-order valence-corrected chi connectivity index (χ2v) is 7.66. The molecule has 1 saturated heterocycles. The van der Waals surface area contributed by atoms with E-state index in [0.717, 1.165) is 5.82 Å². The predicted molar refractivity (Wildman–Crippen MR) is 93.4 cm³/mol. The Morgan fingerprint density at radius 2 is 2.09 bits per heavy atom. The van der Waals surface area contributed by atoms with Crippen molar-refractivity contribution in [2.75, 3.05) is 30.8 Å². The summed E-state index contributed by atoms with van der Waals surface area (Å²) in [6.45, 7) is 9.59. The van der Waals surface area contributed by atoms with Crippen molar-refractivity contribution in [2.45, 2.75) is 44.5 Å². The van der Waals surface area contributed by atoms with Crippen LogP contribution in [0, 0.1) is 0 Å². The van der Waals surface area contributed by atoms with Gasteiger partial charge in [0.25, 0.3) is 0 Å². The minimum Gasteiger partial charge on any atom is -0.444 e. The Kier molecular flexibility index (Phi) is 5.62. The van der Waals surface area contributed by atoms with Crippen molar-refractivity contribution in [3.05, 3.63) is 11.2 Å². The molecule has 0 aliphatic carbocycles. The van der Waals surface area contributed by atoms with Crippen molar-refractivity contribution in [3.8, 4) is 0 Å². The van der Waals surface area contributed by atoms with Gasteiger partial charge in [-0.3, -0.25) is 0 Å². The summed E-state index contributed by atoms with van der Waals surface area (Å²) in [5.74, 6) is 0.796. The smallest absolute Gasteiger partial charge is 0.410 e. The van der Waals surface area contributed by atoms with Crippen LogP contribution in [0.25, 0.3) is 0 Å². The minimum atomic E-state index is -0.485. The molecule has 1 fully saturated rings. The van der Waals surface area contributed by atoms with Crippen LogP contribution in [0.1, 0.15) is 27.7 Å². The van der Waals surface area contributed by atoms with Gasteiger partial charge in [0.2, 0.25) is 0 Å². The average molecular weight is 359 g/mol. The molecule has 8 heteroatoms. The van der Waals surface area contributed by atoms with E-state index in [1.165, 1.54) is 11.8 Å². The number of ether oxygens (including phenoxy) is 1. The van der Waals surface area contributed by atoms with Crippen molar-refractivity contribution in [1.29, 1.82) is 0 Å². The summed E-state index contributed by atoms with van der Waals surface area (Å²) in [5, 5.41) is 1.08. The van der Waals surface area contributed by atoms with E-state index in [1.807, 2.05) is 34.0 Å². The van der Waals surface area contributed by atoms with Crippen LogP contribution >= 0.6 is 23.4 Å². The SMILES string of the molecule is CSc1nc(Cl)cc(N2CCN(C(=O)OC(C)(C)C)[C@H](C)C2)n1. The number of amides is 1. The summed E-state index contributed by atoms with van der Waals surface area (Å²) in [5.41, 5.74) is -0.485. The Morgan fingerprint density at radius 1 is 1.39 bits per heavy atom. The molecule has 0 saturated carbocycles. The fourth-order valence-electron chi connectivity index (χ4n) is 2.40. The molecular formula is C15H23ClN4O2S. The Labute approximate surface area is 146 Å². The summed E-state index contributed by atoms with van der Waals surface area (Å²) in [4.78, 5) is 24.8.